The van der Waals surface area contributed by atoms with Crippen LogP contribution in [0.2, 0.25) is 0 Å². The molecule has 1 fully saturated rings. The molecule has 5 N–H and O–H groups in total. The number of rotatable bonds is 2. The maximum atomic E-state index is 12.6. The highest BCUT2D eigenvalue weighted by Crippen LogP contribution is 2.30. The fraction of sp³-hybridized carbons (Fsp3) is 0.429. The highest BCUT2D eigenvalue weighted by Gasteiger charge is 2.30. The number of guanidine groups is 1. The largest absolute Gasteiger partial charge is 0.416 e. The number of alkyl halides is 3. The molecular formula is C14H18F3N5. The Morgan fingerprint density at radius 2 is 2.00 bits per heavy atom. The van der Waals surface area contributed by atoms with Crippen molar-refractivity contribution in [3.63, 3.8) is 0 Å². The second kappa shape index (κ2) is 6.78. The molecule has 1 aromatic carbocycles. The van der Waals surface area contributed by atoms with Gasteiger partial charge in [0, 0.05) is 5.69 Å². The minimum atomic E-state index is -4.42. The summed E-state index contributed by atoms with van der Waals surface area (Å²) in [4.78, 5) is 0. The van der Waals surface area contributed by atoms with Crippen molar-refractivity contribution >= 4 is 17.5 Å². The van der Waals surface area contributed by atoms with Crippen molar-refractivity contribution < 1.29 is 13.2 Å². The quantitative estimate of drug-likeness (QED) is 0.430. The third-order valence-electron chi connectivity index (χ3n) is 3.38. The van der Waals surface area contributed by atoms with E-state index >= 15 is 0 Å². The van der Waals surface area contributed by atoms with Crippen LogP contribution in [0.3, 0.4) is 0 Å². The third-order valence-corrected chi connectivity index (χ3v) is 3.38. The first kappa shape index (κ1) is 16.3. The predicted octanol–water partition coefficient (Wildman–Crippen LogP) is 2.76. The molecule has 0 bridgehead atoms. The molecule has 0 aromatic heterocycles. The number of anilines is 1. The van der Waals surface area contributed by atoms with Crippen LogP contribution in [0.25, 0.3) is 0 Å². The maximum Gasteiger partial charge on any atom is 0.416 e. The highest BCUT2D eigenvalue weighted by molar-refractivity contribution is 6.05. The fourth-order valence-corrected chi connectivity index (χ4v) is 2.27. The van der Waals surface area contributed by atoms with Crippen LogP contribution in [-0.4, -0.2) is 24.4 Å². The van der Waals surface area contributed by atoms with Crippen LogP contribution >= 0.6 is 0 Å². The van der Waals surface area contributed by atoms with Gasteiger partial charge in [-0.3, -0.25) is 10.8 Å². The molecule has 120 valence electrons. The van der Waals surface area contributed by atoms with Gasteiger partial charge in [0.25, 0.3) is 0 Å². The Labute approximate surface area is 126 Å². The van der Waals surface area contributed by atoms with Crippen LogP contribution in [0.4, 0.5) is 18.9 Å². The van der Waals surface area contributed by atoms with Crippen molar-refractivity contribution in [3.05, 3.63) is 29.8 Å². The van der Waals surface area contributed by atoms with E-state index in [9.17, 15) is 13.2 Å². The number of hydrogen-bond acceptors (Lipinski definition) is 3. The van der Waals surface area contributed by atoms with E-state index in [1.165, 1.54) is 12.1 Å². The van der Waals surface area contributed by atoms with Gasteiger partial charge in [-0.2, -0.15) is 13.2 Å². The molecule has 0 saturated carbocycles. The Bertz CT molecular complexity index is 550. The van der Waals surface area contributed by atoms with Gasteiger partial charge in [-0.15, -0.1) is 0 Å². The lowest BCUT2D eigenvalue weighted by Crippen LogP contribution is -2.49. The maximum absolute atomic E-state index is 12.6. The predicted molar refractivity (Wildman–Crippen MR) is 79.3 cm³/mol. The van der Waals surface area contributed by atoms with E-state index in [-0.39, 0.29) is 23.5 Å². The Morgan fingerprint density at radius 1 is 1.23 bits per heavy atom. The van der Waals surface area contributed by atoms with E-state index in [1.54, 1.807) is 0 Å². The number of benzene rings is 1. The first-order valence-corrected chi connectivity index (χ1v) is 6.98. The normalized spacial score (nSPS) is 18.6. The Hall–Kier alpha value is -2.09. The average molecular weight is 313 g/mol. The lowest BCUT2D eigenvalue weighted by atomic mass is 10.0. The molecule has 5 nitrogen and oxygen atoms in total. The number of halogens is 3. The number of piperidine rings is 1. The molecule has 1 unspecified atom stereocenters. The molecule has 8 heteroatoms. The van der Waals surface area contributed by atoms with E-state index in [0.29, 0.717) is 0 Å². The van der Waals surface area contributed by atoms with Crippen LogP contribution in [0.1, 0.15) is 24.8 Å². The molecule has 2 rings (SSSR count). The lowest BCUT2D eigenvalue weighted by Gasteiger charge is -2.25. The Balaban J connectivity index is 1.93. The fourth-order valence-electron chi connectivity index (χ4n) is 2.27. The van der Waals surface area contributed by atoms with Crippen LogP contribution in [0.5, 0.6) is 0 Å². The average Bonchev–Trinajstić information content (AvgIpc) is 2.47. The zero-order valence-electron chi connectivity index (χ0n) is 11.8. The van der Waals surface area contributed by atoms with Gasteiger partial charge in [0.2, 0.25) is 0 Å². The van der Waals surface area contributed by atoms with Crippen molar-refractivity contribution in [1.29, 1.82) is 10.8 Å². The molecular weight excluding hydrogens is 295 g/mol. The molecule has 22 heavy (non-hydrogen) atoms. The van der Waals surface area contributed by atoms with Gasteiger partial charge in [-0.1, -0.05) is 12.5 Å². The second-order valence-electron chi connectivity index (χ2n) is 5.12. The first-order chi connectivity index (χ1) is 10.4. The van der Waals surface area contributed by atoms with Gasteiger partial charge < -0.3 is 16.0 Å². The zero-order valence-corrected chi connectivity index (χ0v) is 11.8. The summed E-state index contributed by atoms with van der Waals surface area (Å²) in [5, 5.41) is 23.9. The molecule has 1 heterocycles. The van der Waals surface area contributed by atoms with Gasteiger partial charge in [0.05, 0.1) is 11.6 Å². The van der Waals surface area contributed by atoms with Crippen LogP contribution in [0, 0.1) is 10.8 Å². The van der Waals surface area contributed by atoms with Crippen LogP contribution in [0.15, 0.2) is 24.3 Å². The van der Waals surface area contributed by atoms with E-state index in [1.807, 2.05) is 0 Å². The van der Waals surface area contributed by atoms with Crippen molar-refractivity contribution in [2.24, 2.45) is 0 Å². The summed E-state index contributed by atoms with van der Waals surface area (Å²) < 4.78 is 37.9. The molecule has 0 radical (unpaired) electrons. The zero-order chi connectivity index (χ0) is 16.2. The van der Waals surface area contributed by atoms with E-state index in [2.05, 4.69) is 16.0 Å². The SMILES string of the molecule is N=C(NC(=N)C1CCCCN1)Nc1cccc(C(F)(F)F)c1. The van der Waals surface area contributed by atoms with E-state index in [4.69, 9.17) is 10.8 Å². The van der Waals surface area contributed by atoms with Gasteiger partial charge >= 0.3 is 6.18 Å². The molecule has 1 aliphatic heterocycles. The van der Waals surface area contributed by atoms with Crippen molar-refractivity contribution in [1.82, 2.24) is 10.6 Å². The number of nitrogens with one attached hydrogen (secondary N) is 5. The number of hydrogen-bond donors (Lipinski definition) is 5. The summed E-state index contributed by atoms with van der Waals surface area (Å²) in [5.74, 6) is -0.0825. The highest BCUT2D eigenvalue weighted by atomic mass is 19.4. The van der Waals surface area contributed by atoms with Gasteiger partial charge in [0.15, 0.2) is 5.96 Å². The Kier molecular flexibility index (Phi) is 5.02. The summed E-state index contributed by atoms with van der Waals surface area (Å²) in [6, 6.07) is 4.47. The smallest absolute Gasteiger partial charge is 0.326 e. The minimum absolute atomic E-state index is 0.141. The van der Waals surface area contributed by atoms with Crippen LogP contribution in [-0.2, 0) is 6.18 Å². The summed E-state index contributed by atoms with van der Waals surface area (Å²) in [5.41, 5.74) is -0.633. The monoisotopic (exact) mass is 313 g/mol. The summed E-state index contributed by atoms with van der Waals surface area (Å²) in [6.45, 7) is 0.823. The standard InChI is InChI=1S/C14H18F3N5/c15-14(16,17)9-4-3-5-10(8-9)21-13(19)22-12(18)11-6-1-2-7-20-11/h3-5,8,11,20H,1-2,6-7H2,(H4,18,19,21,22). The van der Waals surface area contributed by atoms with Crippen molar-refractivity contribution in [3.8, 4) is 0 Å². The molecule has 1 aliphatic rings. The molecule has 1 atom stereocenters. The Morgan fingerprint density at radius 3 is 2.64 bits per heavy atom. The minimum Gasteiger partial charge on any atom is -0.326 e. The van der Waals surface area contributed by atoms with E-state index in [0.717, 1.165) is 37.9 Å². The number of amidine groups is 1. The van der Waals surface area contributed by atoms with Gasteiger partial charge in [-0.05, 0) is 37.6 Å². The summed E-state index contributed by atoms with van der Waals surface area (Å²) in [7, 11) is 0. The van der Waals surface area contributed by atoms with Crippen molar-refractivity contribution in [2.75, 3.05) is 11.9 Å². The van der Waals surface area contributed by atoms with Crippen LogP contribution < -0.4 is 16.0 Å². The van der Waals surface area contributed by atoms with Gasteiger partial charge in [0.1, 0.15) is 5.84 Å². The third kappa shape index (κ3) is 4.45. The molecule has 1 aromatic rings. The van der Waals surface area contributed by atoms with Crippen molar-refractivity contribution in [2.45, 2.75) is 31.5 Å². The second-order valence-corrected chi connectivity index (χ2v) is 5.12. The topological polar surface area (TPSA) is 83.8 Å². The lowest BCUT2D eigenvalue weighted by molar-refractivity contribution is -0.137. The first-order valence-electron chi connectivity index (χ1n) is 6.98. The molecule has 1 saturated heterocycles. The molecule has 0 amide bonds. The van der Waals surface area contributed by atoms with E-state index < -0.39 is 11.7 Å². The summed E-state index contributed by atoms with van der Waals surface area (Å²) in [6.07, 6.45) is -1.55. The summed E-state index contributed by atoms with van der Waals surface area (Å²) >= 11 is 0. The molecule has 0 aliphatic carbocycles. The molecule has 0 spiro atoms. The van der Waals surface area contributed by atoms with Gasteiger partial charge in [-0.25, -0.2) is 0 Å².